The van der Waals surface area contributed by atoms with Crippen LogP contribution >= 0.6 is 0 Å². The van der Waals surface area contributed by atoms with E-state index in [1.54, 1.807) is 35.2 Å². The van der Waals surface area contributed by atoms with Crippen molar-refractivity contribution in [3.8, 4) is 0 Å². The first-order valence-electron chi connectivity index (χ1n) is 13.6. The summed E-state index contributed by atoms with van der Waals surface area (Å²) in [5, 5.41) is 2.29. The molecule has 3 aromatic carbocycles. The molecule has 6 rings (SSSR count). The topological polar surface area (TPSA) is 90.0 Å². The van der Waals surface area contributed by atoms with Gasteiger partial charge in [-0.15, -0.1) is 0 Å². The van der Waals surface area contributed by atoms with E-state index in [0.29, 0.717) is 48.4 Å². The van der Waals surface area contributed by atoms with Crippen LogP contribution in [0.15, 0.2) is 66.7 Å². The summed E-state index contributed by atoms with van der Waals surface area (Å²) in [6.45, 7) is 1.81. The van der Waals surface area contributed by atoms with Gasteiger partial charge < -0.3 is 9.80 Å². The Morgan fingerprint density at radius 1 is 0.854 bits per heavy atom. The van der Waals surface area contributed by atoms with E-state index >= 15 is 0 Å². The smallest absolute Gasteiger partial charge is 0.256 e. The zero-order chi connectivity index (χ0) is 28.7. The molecule has 1 unspecified atom stereocenters. The van der Waals surface area contributed by atoms with Crippen LogP contribution in [0.1, 0.15) is 56.3 Å². The van der Waals surface area contributed by atoms with Gasteiger partial charge in [-0.2, -0.15) is 0 Å². The van der Waals surface area contributed by atoms with Gasteiger partial charge in [0.05, 0.1) is 17.2 Å². The third-order valence-corrected chi connectivity index (χ3v) is 8.08. The first-order chi connectivity index (χ1) is 19.8. The third kappa shape index (κ3) is 5.11. The number of carbonyl (C=O) groups is 4. The number of benzene rings is 3. The number of amides is 4. The van der Waals surface area contributed by atoms with E-state index in [1.807, 2.05) is 12.1 Å². The van der Waals surface area contributed by atoms with Crippen molar-refractivity contribution in [1.29, 1.82) is 0 Å². The largest absolute Gasteiger partial charge is 0.336 e. The molecule has 0 spiro atoms. The monoisotopic (exact) mass is 558 g/mol. The SMILES string of the molecule is O=C1CCC(N2Cc3cccc(C(=O)N4CCN(C(c5cccc(F)c5)c5cccc(F)c5)CC4)c3C2=O)C(=O)N1. The quantitative estimate of drug-likeness (QED) is 0.486. The Morgan fingerprint density at radius 2 is 1.49 bits per heavy atom. The van der Waals surface area contributed by atoms with Crippen molar-refractivity contribution in [1.82, 2.24) is 20.0 Å². The number of rotatable bonds is 5. The van der Waals surface area contributed by atoms with E-state index in [9.17, 15) is 28.0 Å². The fourth-order valence-corrected chi connectivity index (χ4v) is 6.11. The molecule has 3 aliphatic rings. The van der Waals surface area contributed by atoms with Crippen molar-refractivity contribution < 1.29 is 28.0 Å². The second-order valence-corrected chi connectivity index (χ2v) is 10.6. The van der Waals surface area contributed by atoms with Crippen LogP contribution < -0.4 is 5.32 Å². The Kier molecular flexibility index (Phi) is 7.08. The zero-order valence-corrected chi connectivity index (χ0v) is 22.2. The Hall–Kier alpha value is -4.44. The average Bonchev–Trinajstić information content (AvgIpc) is 3.29. The number of piperidine rings is 1. The lowest BCUT2D eigenvalue weighted by Gasteiger charge is -2.40. The lowest BCUT2D eigenvalue weighted by Crippen LogP contribution is -2.52. The van der Waals surface area contributed by atoms with Crippen LogP contribution in [0.5, 0.6) is 0 Å². The van der Waals surface area contributed by atoms with Gasteiger partial charge in [0.25, 0.3) is 11.8 Å². The van der Waals surface area contributed by atoms with Gasteiger partial charge in [-0.1, -0.05) is 36.4 Å². The maximum Gasteiger partial charge on any atom is 0.256 e. The maximum absolute atomic E-state index is 14.2. The van der Waals surface area contributed by atoms with Crippen LogP contribution in [0, 0.1) is 11.6 Å². The Morgan fingerprint density at radius 3 is 2.10 bits per heavy atom. The van der Waals surface area contributed by atoms with E-state index in [0.717, 1.165) is 0 Å². The van der Waals surface area contributed by atoms with Gasteiger partial charge in [0.2, 0.25) is 11.8 Å². The highest BCUT2D eigenvalue weighted by Crippen LogP contribution is 2.33. The lowest BCUT2D eigenvalue weighted by molar-refractivity contribution is -0.136. The molecule has 3 heterocycles. The Bertz CT molecular complexity index is 1510. The normalized spacial score (nSPS) is 19.5. The minimum atomic E-state index is -0.762. The van der Waals surface area contributed by atoms with Crippen molar-refractivity contribution in [2.24, 2.45) is 0 Å². The summed E-state index contributed by atoms with van der Waals surface area (Å²) in [7, 11) is 0. The highest BCUT2D eigenvalue weighted by Gasteiger charge is 2.41. The highest BCUT2D eigenvalue weighted by atomic mass is 19.1. The number of nitrogens with zero attached hydrogens (tertiary/aromatic N) is 3. The average molecular weight is 559 g/mol. The number of piperazine rings is 1. The minimum Gasteiger partial charge on any atom is -0.336 e. The predicted octanol–water partition coefficient (Wildman–Crippen LogP) is 3.27. The summed E-state index contributed by atoms with van der Waals surface area (Å²) in [4.78, 5) is 56.4. The molecule has 2 fully saturated rings. The number of imide groups is 1. The first-order valence-corrected chi connectivity index (χ1v) is 13.6. The standard InChI is InChI=1S/C31H28F2N4O4/c32-22-7-1-4-19(16-22)28(20-5-2-8-23(33)17-20)35-12-14-36(15-13-35)30(40)24-9-3-6-21-18-37(31(41)27(21)24)25-10-11-26(38)34-29(25)39/h1-9,16-17,25,28H,10-15,18H2,(H,34,38,39). The minimum absolute atomic E-state index is 0.152. The second kappa shape index (κ2) is 10.9. The fraction of sp³-hybridized carbons (Fsp3) is 0.290. The summed E-state index contributed by atoms with van der Waals surface area (Å²) < 4.78 is 28.3. The Balaban J connectivity index is 1.20. The predicted molar refractivity (Wildman–Crippen MR) is 145 cm³/mol. The van der Waals surface area contributed by atoms with Crippen molar-refractivity contribution in [2.75, 3.05) is 26.2 Å². The molecular formula is C31H28F2N4O4. The van der Waals surface area contributed by atoms with Gasteiger partial charge in [-0.05, 0) is 53.4 Å². The summed E-state index contributed by atoms with van der Waals surface area (Å²) in [5.74, 6) is -2.30. The number of hydrogen-bond acceptors (Lipinski definition) is 5. The van der Waals surface area contributed by atoms with Crippen LogP contribution in [0.2, 0.25) is 0 Å². The van der Waals surface area contributed by atoms with Crippen molar-refractivity contribution >= 4 is 23.6 Å². The molecule has 8 nitrogen and oxygen atoms in total. The molecule has 1 atom stereocenters. The summed E-state index contributed by atoms with van der Waals surface area (Å²) in [6, 6.07) is 16.5. The van der Waals surface area contributed by atoms with Crippen molar-refractivity contribution in [3.63, 3.8) is 0 Å². The van der Waals surface area contributed by atoms with Gasteiger partial charge in [-0.3, -0.25) is 29.4 Å². The van der Waals surface area contributed by atoms with Crippen LogP contribution in [0.25, 0.3) is 0 Å². The molecule has 4 amide bonds. The van der Waals surface area contributed by atoms with E-state index < -0.39 is 23.9 Å². The number of carbonyl (C=O) groups excluding carboxylic acids is 4. The molecule has 0 bridgehead atoms. The van der Waals surface area contributed by atoms with Crippen LogP contribution in [-0.4, -0.2) is 70.5 Å². The zero-order valence-electron chi connectivity index (χ0n) is 22.2. The van der Waals surface area contributed by atoms with Gasteiger partial charge in [-0.25, -0.2) is 8.78 Å². The van der Waals surface area contributed by atoms with Crippen LogP contribution in [0.3, 0.4) is 0 Å². The molecule has 3 aromatic rings. The first kappa shape index (κ1) is 26.8. The second-order valence-electron chi connectivity index (χ2n) is 10.6. The lowest BCUT2D eigenvalue weighted by atomic mass is 9.96. The molecule has 0 aromatic heterocycles. The third-order valence-electron chi connectivity index (χ3n) is 8.08. The van der Waals surface area contributed by atoms with Crippen LogP contribution in [-0.2, 0) is 16.1 Å². The number of nitrogens with one attached hydrogen (secondary N) is 1. The summed E-state index contributed by atoms with van der Waals surface area (Å²) >= 11 is 0. The van der Waals surface area contributed by atoms with Gasteiger partial charge in [0.1, 0.15) is 17.7 Å². The highest BCUT2D eigenvalue weighted by molar-refractivity contribution is 6.11. The Labute approximate surface area is 235 Å². The molecular weight excluding hydrogens is 530 g/mol. The van der Waals surface area contributed by atoms with Crippen molar-refractivity contribution in [3.05, 3.63) is 106 Å². The van der Waals surface area contributed by atoms with Gasteiger partial charge in [0.15, 0.2) is 0 Å². The molecule has 3 aliphatic heterocycles. The van der Waals surface area contributed by atoms with E-state index in [4.69, 9.17) is 0 Å². The molecule has 210 valence electrons. The molecule has 10 heteroatoms. The van der Waals surface area contributed by atoms with E-state index in [1.165, 1.54) is 29.2 Å². The van der Waals surface area contributed by atoms with Gasteiger partial charge >= 0.3 is 0 Å². The summed E-state index contributed by atoms with van der Waals surface area (Å²) in [6.07, 6.45) is 0.395. The van der Waals surface area contributed by atoms with Crippen LogP contribution in [0.4, 0.5) is 8.78 Å². The van der Waals surface area contributed by atoms with E-state index in [-0.39, 0.29) is 48.4 Å². The molecule has 1 N–H and O–H groups in total. The number of hydrogen-bond donors (Lipinski definition) is 1. The van der Waals surface area contributed by atoms with Crippen molar-refractivity contribution in [2.45, 2.75) is 31.5 Å². The summed E-state index contributed by atoms with van der Waals surface area (Å²) in [5.41, 5.74) is 2.62. The number of fused-ring (bicyclic) bond motifs is 1. The molecule has 2 saturated heterocycles. The molecule has 0 aliphatic carbocycles. The number of halogens is 2. The van der Waals surface area contributed by atoms with E-state index in [2.05, 4.69) is 10.2 Å². The fourth-order valence-electron chi connectivity index (χ4n) is 6.11. The molecule has 41 heavy (non-hydrogen) atoms. The van der Waals surface area contributed by atoms with Gasteiger partial charge in [0, 0.05) is 39.1 Å². The maximum atomic E-state index is 14.2. The molecule has 0 radical (unpaired) electrons. The molecule has 0 saturated carbocycles.